The second-order valence-corrected chi connectivity index (χ2v) is 5.07. The van der Waals surface area contributed by atoms with Gasteiger partial charge in [-0.15, -0.1) is 0 Å². The Morgan fingerprint density at radius 1 is 1.32 bits per heavy atom. The topological polar surface area (TPSA) is 98.5 Å². The minimum absolute atomic E-state index is 0.0525. The highest BCUT2D eigenvalue weighted by atomic mass is 16.6. The molecule has 0 saturated carbocycles. The number of carboxylic acid groups (broad SMARTS) is 1. The zero-order valence-corrected chi connectivity index (χ0v) is 12.5. The Morgan fingerprint density at radius 2 is 2.00 bits per heavy atom. The first-order valence-corrected chi connectivity index (χ1v) is 6.68. The molecule has 1 heterocycles. The van der Waals surface area contributed by atoms with Crippen molar-refractivity contribution >= 4 is 28.7 Å². The summed E-state index contributed by atoms with van der Waals surface area (Å²) in [4.78, 5) is 33.6. The van der Waals surface area contributed by atoms with Crippen molar-refractivity contribution in [3.63, 3.8) is 0 Å². The van der Waals surface area contributed by atoms with Crippen LogP contribution in [0.3, 0.4) is 0 Å². The Hall–Kier alpha value is -2.70. The minimum Gasteiger partial charge on any atom is -0.478 e. The number of nitrogens with zero attached hydrogens (tertiary/aromatic N) is 2. The molecular weight excluding hydrogens is 288 g/mol. The van der Waals surface area contributed by atoms with E-state index < -0.39 is 18.0 Å². The van der Waals surface area contributed by atoms with Crippen LogP contribution in [0.1, 0.15) is 29.8 Å². The van der Waals surface area contributed by atoms with Gasteiger partial charge in [-0.05, 0) is 24.1 Å². The minimum atomic E-state index is -1.24. The lowest BCUT2D eigenvalue weighted by Crippen LogP contribution is -2.28. The van der Waals surface area contributed by atoms with Gasteiger partial charge in [0.2, 0.25) is 12.0 Å². The molecule has 2 aromatic rings. The molecule has 0 saturated heterocycles. The first-order valence-electron chi connectivity index (χ1n) is 6.68. The van der Waals surface area contributed by atoms with Gasteiger partial charge in [-0.25, -0.2) is 9.48 Å². The van der Waals surface area contributed by atoms with Crippen molar-refractivity contribution in [2.75, 3.05) is 0 Å². The van der Waals surface area contributed by atoms with Crippen molar-refractivity contribution in [3.8, 4) is 0 Å². The first-order chi connectivity index (χ1) is 10.3. The average Bonchev–Trinajstić information content (AvgIpc) is 2.81. The molecule has 0 radical (unpaired) electrons. The number of hydrogen-bond donors (Lipinski definition) is 1. The lowest BCUT2D eigenvalue weighted by Gasteiger charge is -2.13. The quantitative estimate of drug-likeness (QED) is 0.861. The summed E-state index contributed by atoms with van der Waals surface area (Å²) in [7, 11) is 0. The maximum Gasteiger partial charge on any atom is 0.345 e. The normalized spacial score (nSPS) is 12.1. The van der Waals surface area contributed by atoms with E-state index in [9.17, 15) is 14.4 Å². The van der Waals surface area contributed by atoms with Crippen LogP contribution in [0, 0.1) is 6.92 Å². The number of ether oxygens (including phenoxy) is 1. The van der Waals surface area contributed by atoms with Crippen molar-refractivity contribution in [1.82, 2.24) is 9.78 Å². The number of aryl methyl sites for hydroxylation is 1. The smallest absolute Gasteiger partial charge is 0.345 e. The highest BCUT2D eigenvalue weighted by molar-refractivity contribution is 5.92. The number of rotatable bonds is 4. The van der Waals surface area contributed by atoms with Crippen LogP contribution >= 0.6 is 0 Å². The molecule has 0 aliphatic rings. The second-order valence-electron chi connectivity index (χ2n) is 5.07. The zero-order valence-electron chi connectivity index (χ0n) is 12.5. The van der Waals surface area contributed by atoms with E-state index in [-0.39, 0.29) is 12.3 Å². The van der Waals surface area contributed by atoms with Crippen LogP contribution < -0.4 is 0 Å². The van der Waals surface area contributed by atoms with E-state index in [1.165, 1.54) is 18.5 Å². The third kappa shape index (κ3) is 3.13. The molecule has 0 spiro atoms. The fraction of sp³-hybridized carbons (Fsp3) is 0.333. The van der Waals surface area contributed by atoms with Crippen LogP contribution in [0.25, 0.3) is 10.9 Å². The average molecular weight is 304 g/mol. The molecule has 0 amide bonds. The summed E-state index contributed by atoms with van der Waals surface area (Å²) < 4.78 is 6.10. The standard InChI is InChI=1S/C15H16N2O5/c1-8-4-11(6-13(15(20)21)22-10(3)19)5-12-7-16-17(9(2)18)14(8)12/h4-5,7,13H,6H2,1-3H3,(H,20,21)/t13-/m1/s1. The van der Waals surface area contributed by atoms with Gasteiger partial charge in [0.05, 0.1) is 11.7 Å². The molecule has 116 valence electrons. The Labute approximate surface area is 126 Å². The van der Waals surface area contributed by atoms with E-state index in [0.717, 1.165) is 10.9 Å². The summed E-state index contributed by atoms with van der Waals surface area (Å²) in [6.45, 7) is 4.40. The van der Waals surface area contributed by atoms with Gasteiger partial charge in [0, 0.05) is 25.7 Å². The third-order valence-electron chi connectivity index (χ3n) is 3.22. The SMILES string of the molecule is CC(=O)O[C@H](Cc1cc(C)c2c(cnn2C(C)=O)c1)C(=O)O. The lowest BCUT2D eigenvalue weighted by molar-refractivity contribution is -0.162. The molecule has 1 N–H and O–H groups in total. The molecule has 7 heteroatoms. The summed E-state index contributed by atoms with van der Waals surface area (Å²) in [5.74, 6) is -2.05. The van der Waals surface area contributed by atoms with Gasteiger partial charge in [-0.1, -0.05) is 6.07 Å². The van der Waals surface area contributed by atoms with Gasteiger partial charge >= 0.3 is 11.9 Å². The fourth-order valence-corrected chi connectivity index (χ4v) is 2.40. The Kier molecular flexibility index (Phi) is 4.25. The van der Waals surface area contributed by atoms with Crippen molar-refractivity contribution in [3.05, 3.63) is 29.5 Å². The molecule has 7 nitrogen and oxygen atoms in total. The number of benzene rings is 1. The van der Waals surface area contributed by atoms with Crippen molar-refractivity contribution in [2.45, 2.75) is 33.3 Å². The largest absolute Gasteiger partial charge is 0.478 e. The molecule has 0 bridgehead atoms. The van der Waals surface area contributed by atoms with Crippen molar-refractivity contribution < 1.29 is 24.2 Å². The zero-order chi connectivity index (χ0) is 16.4. The van der Waals surface area contributed by atoms with Crippen LogP contribution in [0.15, 0.2) is 18.3 Å². The van der Waals surface area contributed by atoms with E-state index in [4.69, 9.17) is 9.84 Å². The molecule has 2 rings (SSSR count). The van der Waals surface area contributed by atoms with Crippen LogP contribution in [-0.2, 0) is 20.7 Å². The van der Waals surface area contributed by atoms with E-state index in [1.807, 2.05) is 6.92 Å². The Bertz CT molecular complexity index is 763. The molecule has 1 atom stereocenters. The van der Waals surface area contributed by atoms with E-state index >= 15 is 0 Å². The van der Waals surface area contributed by atoms with Gasteiger partial charge in [-0.3, -0.25) is 9.59 Å². The molecule has 1 aromatic heterocycles. The van der Waals surface area contributed by atoms with Gasteiger partial charge < -0.3 is 9.84 Å². The second kappa shape index (κ2) is 5.97. The van der Waals surface area contributed by atoms with Gasteiger partial charge in [0.1, 0.15) is 0 Å². The van der Waals surface area contributed by atoms with Crippen molar-refractivity contribution in [2.24, 2.45) is 0 Å². The highest BCUT2D eigenvalue weighted by Gasteiger charge is 2.22. The van der Waals surface area contributed by atoms with E-state index in [0.29, 0.717) is 11.1 Å². The van der Waals surface area contributed by atoms with E-state index in [1.54, 1.807) is 18.3 Å². The highest BCUT2D eigenvalue weighted by Crippen LogP contribution is 2.22. The van der Waals surface area contributed by atoms with Crippen LogP contribution in [0.4, 0.5) is 0 Å². The van der Waals surface area contributed by atoms with Gasteiger partial charge in [-0.2, -0.15) is 5.10 Å². The summed E-state index contributed by atoms with van der Waals surface area (Å²) in [6.07, 6.45) is 0.364. The summed E-state index contributed by atoms with van der Waals surface area (Å²) >= 11 is 0. The summed E-state index contributed by atoms with van der Waals surface area (Å²) in [5.41, 5.74) is 2.18. The molecule has 0 aliphatic carbocycles. The number of carbonyl (C=O) groups is 3. The molecule has 1 aromatic carbocycles. The summed E-state index contributed by atoms with van der Waals surface area (Å²) in [5, 5.41) is 13.9. The number of fused-ring (bicyclic) bond motifs is 1. The van der Waals surface area contributed by atoms with Crippen LogP contribution in [0.5, 0.6) is 0 Å². The molecule has 0 unspecified atom stereocenters. The number of carbonyl (C=O) groups excluding carboxylic acids is 2. The van der Waals surface area contributed by atoms with Crippen molar-refractivity contribution in [1.29, 1.82) is 0 Å². The van der Waals surface area contributed by atoms with E-state index in [2.05, 4.69) is 5.10 Å². The summed E-state index contributed by atoms with van der Waals surface area (Å²) in [6, 6.07) is 3.51. The maximum absolute atomic E-state index is 11.5. The van der Waals surface area contributed by atoms with Crippen LogP contribution in [-0.4, -0.2) is 38.8 Å². The number of aliphatic carboxylic acids is 1. The van der Waals surface area contributed by atoms with Gasteiger partial charge in [0.25, 0.3) is 0 Å². The fourth-order valence-electron chi connectivity index (χ4n) is 2.40. The first kappa shape index (κ1) is 15.7. The lowest BCUT2D eigenvalue weighted by atomic mass is 10.0. The van der Waals surface area contributed by atoms with Crippen LogP contribution in [0.2, 0.25) is 0 Å². The predicted octanol–water partition coefficient (Wildman–Crippen LogP) is 1.56. The molecular formula is C15H16N2O5. The Balaban J connectivity index is 2.39. The number of esters is 1. The molecule has 22 heavy (non-hydrogen) atoms. The van der Waals surface area contributed by atoms with Gasteiger partial charge in [0.15, 0.2) is 0 Å². The predicted molar refractivity (Wildman–Crippen MR) is 77.7 cm³/mol. The molecule has 0 aliphatic heterocycles. The number of hydrogen-bond acceptors (Lipinski definition) is 5. The number of aromatic nitrogens is 2. The number of carboxylic acids is 1. The molecule has 0 fully saturated rings. The maximum atomic E-state index is 11.5. The monoisotopic (exact) mass is 304 g/mol. The third-order valence-corrected chi connectivity index (χ3v) is 3.22. The Morgan fingerprint density at radius 3 is 2.55 bits per heavy atom.